The van der Waals surface area contributed by atoms with E-state index in [1.165, 1.54) is 7.05 Å². The van der Waals surface area contributed by atoms with Crippen molar-refractivity contribution in [3.8, 4) is 5.88 Å². The second kappa shape index (κ2) is 11.6. The van der Waals surface area contributed by atoms with Crippen LogP contribution in [-0.2, 0) is 13.2 Å². The number of benzene rings is 1. The lowest BCUT2D eigenvalue weighted by atomic mass is 10.2. The summed E-state index contributed by atoms with van der Waals surface area (Å²) in [4.78, 5) is 8.13. The Kier molecular flexibility index (Phi) is 9.90. The summed E-state index contributed by atoms with van der Waals surface area (Å²) in [6, 6.07) is 13.3. The molecule has 2 aromatic rings. The molecule has 5 nitrogen and oxygen atoms in total. The van der Waals surface area contributed by atoms with Gasteiger partial charge in [-0.15, -0.1) is 24.0 Å². The van der Waals surface area contributed by atoms with Crippen LogP contribution >= 0.6 is 24.0 Å². The van der Waals surface area contributed by atoms with E-state index in [4.69, 9.17) is 4.74 Å². The molecule has 0 radical (unpaired) electrons. The molecule has 27 heavy (non-hydrogen) atoms. The fourth-order valence-electron chi connectivity index (χ4n) is 2.14. The molecule has 1 aromatic heterocycles. The summed E-state index contributed by atoms with van der Waals surface area (Å²) in [5, 5.41) is 5.59. The van der Waals surface area contributed by atoms with Gasteiger partial charge in [0.15, 0.2) is 5.96 Å². The number of aromatic nitrogens is 1. The van der Waals surface area contributed by atoms with Gasteiger partial charge in [0.05, 0.1) is 6.42 Å². The van der Waals surface area contributed by atoms with Gasteiger partial charge in [-0.1, -0.05) is 36.4 Å². The Labute approximate surface area is 173 Å². The lowest BCUT2D eigenvalue weighted by molar-refractivity contribution is -0.132. The molecule has 0 amide bonds. The first-order valence-electron chi connectivity index (χ1n) is 8.10. The predicted octanol–water partition coefficient (Wildman–Crippen LogP) is 3.90. The van der Waals surface area contributed by atoms with Crippen LogP contribution in [0.25, 0.3) is 0 Å². The van der Waals surface area contributed by atoms with E-state index in [2.05, 4.69) is 20.6 Å². The third kappa shape index (κ3) is 8.94. The highest BCUT2D eigenvalue weighted by atomic mass is 127. The van der Waals surface area contributed by atoms with E-state index in [0.717, 1.165) is 11.1 Å². The van der Waals surface area contributed by atoms with Gasteiger partial charge in [0.2, 0.25) is 5.88 Å². The Hall–Kier alpha value is -2.04. The quantitative estimate of drug-likeness (QED) is 0.349. The minimum Gasteiger partial charge on any atom is -0.473 e. The molecule has 0 spiro atoms. The maximum absolute atomic E-state index is 12.2. The second-order valence-corrected chi connectivity index (χ2v) is 5.46. The highest BCUT2D eigenvalue weighted by Crippen LogP contribution is 2.18. The topological polar surface area (TPSA) is 58.5 Å². The molecular weight excluding hydrogens is 472 g/mol. The largest absolute Gasteiger partial charge is 0.473 e. The van der Waals surface area contributed by atoms with E-state index < -0.39 is 12.6 Å². The van der Waals surface area contributed by atoms with Crippen molar-refractivity contribution in [2.75, 3.05) is 13.6 Å². The van der Waals surface area contributed by atoms with E-state index in [0.29, 0.717) is 19.0 Å². The number of aliphatic imine (C=N–C) groups is 1. The summed E-state index contributed by atoms with van der Waals surface area (Å²) in [6.07, 6.45) is -3.50. The number of alkyl halides is 3. The summed E-state index contributed by atoms with van der Waals surface area (Å²) < 4.78 is 42.4. The van der Waals surface area contributed by atoms with Gasteiger partial charge in [0, 0.05) is 31.9 Å². The second-order valence-electron chi connectivity index (χ2n) is 5.46. The first kappa shape index (κ1) is 23.0. The minimum absolute atomic E-state index is 0. The van der Waals surface area contributed by atoms with Crippen molar-refractivity contribution in [1.29, 1.82) is 0 Å². The highest BCUT2D eigenvalue weighted by molar-refractivity contribution is 14.0. The zero-order chi connectivity index (χ0) is 18.8. The Morgan fingerprint density at radius 2 is 1.85 bits per heavy atom. The first-order valence-corrected chi connectivity index (χ1v) is 8.10. The molecule has 9 heteroatoms. The van der Waals surface area contributed by atoms with Gasteiger partial charge in [-0.05, 0) is 11.6 Å². The number of halogens is 4. The maximum Gasteiger partial charge on any atom is 0.390 e. The number of hydrogen-bond donors (Lipinski definition) is 2. The van der Waals surface area contributed by atoms with Crippen LogP contribution < -0.4 is 15.4 Å². The van der Waals surface area contributed by atoms with Gasteiger partial charge in [-0.3, -0.25) is 4.99 Å². The smallest absolute Gasteiger partial charge is 0.390 e. The van der Waals surface area contributed by atoms with Gasteiger partial charge in [0.25, 0.3) is 0 Å². The van der Waals surface area contributed by atoms with E-state index in [1.807, 2.05) is 36.4 Å². The molecule has 0 unspecified atom stereocenters. The van der Waals surface area contributed by atoms with Crippen molar-refractivity contribution in [3.05, 3.63) is 59.8 Å². The van der Waals surface area contributed by atoms with Crippen LogP contribution in [-0.4, -0.2) is 30.7 Å². The van der Waals surface area contributed by atoms with E-state index in [1.54, 1.807) is 12.3 Å². The molecule has 0 fully saturated rings. The molecule has 2 N–H and O–H groups in total. The first-order chi connectivity index (χ1) is 12.5. The molecule has 0 saturated heterocycles. The third-order valence-electron chi connectivity index (χ3n) is 3.44. The SMILES string of the molecule is CN=C(NCCC(F)(F)F)NCc1cccnc1OCc1ccccc1.I. The van der Waals surface area contributed by atoms with E-state index >= 15 is 0 Å². The van der Waals surface area contributed by atoms with Gasteiger partial charge >= 0.3 is 6.18 Å². The molecule has 0 aliphatic heterocycles. The van der Waals surface area contributed by atoms with Crippen LogP contribution in [0.1, 0.15) is 17.5 Å². The average molecular weight is 494 g/mol. The van der Waals surface area contributed by atoms with Crippen molar-refractivity contribution in [1.82, 2.24) is 15.6 Å². The van der Waals surface area contributed by atoms with Crippen LogP contribution in [0.3, 0.4) is 0 Å². The monoisotopic (exact) mass is 494 g/mol. The summed E-state index contributed by atoms with van der Waals surface area (Å²) in [7, 11) is 1.50. The Morgan fingerprint density at radius 3 is 2.52 bits per heavy atom. The van der Waals surface area contributed by atoms with Gasteiger partial charge in [-0.25, -0.2) is 4.98 Å². The molecule has 0 bridgehead atoms. The molecule has 0 atom stereocenters. The van der Waals surface area contributed by atoms with E-state index in [9.17, 15) is 13.2 Å². The van der Waals surface area contributed by atoms with Gasteiger partial charge in [0.1, 0.15) is 6.61 Å². The van der Waals surface area contributed by atoms with Crippen LogP contribution in [0.4, 0.5) is 13.2 Å². The van der Waals surface area contributed by atoms with Crippen molar-refractivity contribution < 1.29 is 17.9 Å². The number of guanidine groups is 1. The van der Waals surface area contributed by atoms with Crippen molar-refractivity contribution >= 4 is 29.9 Å². The van der Waals surface area contributed by atoms with Crippen molar-refractivity contribution in [2.45, 2.75) is 25.7 Å². The molecular formula is C18H22F3IN4O. The number of hydrogen-bond acceptors (Lipinski definition) is 3. The fourth-order valence-corrected chi connectivity index (χ4v) is 2.14. The lowest BCUT2D eigenvalue weighted by Crippen LogP contribution is -2.38. The molecule has 1 heterocycles. The summed E-state index contributed by atoms with van der Waals surface area (Å²) in [5.41, 5.74) is 1.80. The molecule has 0 saturated carbocycles. The van der Waals surface area contributed by atoms with Gasteiger partial charge < -0.3 is 15.4 Å². The zero-order valence-corrected chi connectivity index (χ0v) is 17.1. The standard InChI is InChI=1S/C18H21F3N4O.HI/c1-22-17(24-11-9-18(19,20)21)25-12-15-8-5-10-23-16(15)26-13-14-6-3-2-4-7-14;/h2-8,10H,9,11-13H2,1H3,(H2,22,24,25);1H. The molecule has 148 valence electrons. The summed E-state index contributed by atoms with van der Waals surface area (Å²) in [5.74, 6) is 0.752. The van der Waals surface area contributed by atoms with Gasteiger partial charge in [-0.2, -0.15) is 13.2 Å². The maximum atomic E-state index is 12.2. The van der Waals surface area contributed by atoms with E-state index in [-0.39, 0.29) is 36.5 Å². The highest BCUT2D eigenvalue weighted by Gasteiger charge is 2.26. The van der Waals surface area contributed by atoms with Crippen LogP contribution in [0, 0.1) is 0 Å². The number of nitrogens with zero attached hydrogens (tertiary/aromatic N) is 2. The third-order valence-corrected chi connectivity index (χ3v) is 3.44. The van der Waals surface area contributed by atoms with Crippen LogP contribution in [0.5, 0.6) is 5.88 Å². The molecule has 1 aromatic carbocycles. The zero-order valence-electron chi connectivity index (χ0n) is 14.8. The van der Waals surface area contributed by atoms with Crippen LogP contribution in [0.15, 0.2) is 53.7 Å². The minimum atomic E-state index is -4.20. The Balaban J connectivity index is 0.00000364. The number of ether oxygens (including phenoxy) is 1. The normalized spacial score (nSPS) is 11.5. The number of nitrogens with one attached hydrogen (secondary N) is 2. The van der Waals surface area contributed by atoms with Crippen molar-refractivity contribution in [3.63, 3.8) is 0 Å². The van der Waals surface area contributed by atoms with Crippen molar-refractivity contribution in [2.24, 2.45) is 4.99 Å². The molecule has 0 aliphatic carbocycles. The number of pyridine rings is 1. The number of rotatable bonds is 7. The lowest BCUT2D eigenvalue weighted by Gasteiger charge is -2.14. The average Bonchev–Trinajstić information content (AvgIpc) is 2.63. The predicted molar refractivity (Wildman–Crippen MR) is 109 cm³/mol. The summed E-state index contributed by atoms with van der Waals surface area (Å²) in [6.45, 7) is 0.459. The fraction of sp³-hybridized carbons (Fsp3) is 0.333. The molecule has 2 rings (SSSR count). The Bertz CT molecular complexity index is 711. The Morgan fingerprint density at radius 1 is 1.11 bits per heavy atom. The van der Waals surface area contributed by atoms with Crippen LogP contribution in [0.2, 0.25) is 0 Å². The summed E-state index contributed by atoms with van der Waals surface area (Å²) >= 11 is 0. The molecule has 0 aliphatic rings.